The first kappa shape index (κ1) is 16.7. The SMILES string of the molecule is CC(Sc1ncnc2sc3c(c12)CCCC3)C(=O)NC(C)(C)C. The molecule has 0 saturated heterocycles. The quantitative estimate of drug-likeness (QED) is 0.673. The molecule has 1 unspecified atom stereocenters. The van der Waals surface area contributed by atoms with Gasteiger partial charge in [-0.1, -0.05) is 11.8 Å². The Morgan fingerprint density at radius 1 is 1.30 bits per heavy atom. The van der Waals surface area contributed by atoms with Crippen molar-refractivity contribution in [3.63, 3.8) is 0 Å². The number of thiophene rings is 1. The van der Waals surface area contributed by atoms with E-state index >= 15 is 0 Å². The van der Waals surface area contributed by atoms with Crippen molar-refractivity contribution in [3.05, 3.63) is 16.8 Å². The predicted molar refractivity (Wildman–Crippen MR) is 97.3 cm³/mol. The summed E-state index contributed by atoms with van der Waals surface area (Å²) in [6, 6.07) is 0. The predicted octanol–water partition coefficient (Wildman–Crippen LogP) is 3.97. The van der Waals surface area contributed by atoms with E-state index in [0.717, 1.165) is 22.7 Å². The maximum absolute atomic E-state index is 12.4. The lowest BCUT2D eigenvalue weighted by Crippen LogP contribution is -2.44. The van der Waals surface area contributed by atoms with Crippen LogP contribution in [0.15, 0.2) is 11.4 Å². The van der Waals surface area contributed by atoms with E-state index in [1.165, 1.54) is 28.7 Å². The van der Waals surface area contributed by atoms with E-state index in [1.807, 2.05) is 27.7 Å². The van der Waals surface area contributed by atoms with Gasteiger partial charge in [0.05, 0.1) is 5.25 Å². The highest BCUT2D eigenvalue weighted by molar-refractivity contribution is 8.00. The third-order valence-electron chi connectivity index (χ3n) is 3.87. The lowest BCUT2D eigenvalue weighted by atomic mass is 9.97. The van der Waals surface area contributed by atoms with Crippen molar-refractivity contribution in [3.8, 4) is 0 Å². The normalized spacial score (nSPS) is 16.2. The highest BCUT2D eigenvalue weighted by atomic mass is 32.2. The van der Waals surface area contributed by atoms with E-state index < -0.39 is 0 Å². The molecule has 1 aliphatic rings. The molecule has 1 aliphatic carbocycles. The Kier molecular flexibility index (Phi) is 4.65. The number of hydrogen-bond donors (Lipinski definition) is 1. The molecule has 2 heterocycles. The van der Waals surface area contributed by atoms with Crippen LogP contribution in [0.3, 0.4) is 0 Å². The van der Waals surface area contributed by atoms with Gasteiger partial charge < -0.3 is 5.32 Å². The van der Waals surface area contributed by atoms with E-state index in [1.54, 1.807) is 29.4 Å². The van der Waals surface area contributed by atoms with Crippen LogP contribution in [0.2, 0.25) is 0 Å². The maximum Gasteiger partial charge on any atom is 0.233 e. The highest BCUT2D eigenvalue weighted by Gasteiger charge is 2.24. The molecular weight excluding hydrogens is 326 g/mol. The summed E-state index contributed by atoms with van der Waals surface area (Å²) in [5, 5.41) is 5.01. The molecule has 0 aliphatic heterocycles. The van der Waals surface area contributed by atoms with Crippen LogP contribution in [0.25, 0.3) is 10.2 Å². The number of nitrogens with zero attached hydrogens (tertiary/aromatic N) is 2. The van der Waals surface area contributed by atoms with Gasteiger partial charge in [-0.25, -0.2) is 9.97 Å². The van der Waals surface area contributed by atoms with Crippen molar-refractivity contribution in [2.24, 2.45) is 0 Å². The Morgan fingerprint density at radius 2 is 2.04 bits per heavy atom. The summed E-state index contributed by atoms with van der Waals surface area (Å²) in [6.45, 7) is 7.94. The second-order valence-corrected chi connectivity index (χ2v) is 9.48. The Bertz CT molecular complexity index is 733. The first-order valence-corrected chi connectivity index (χ1v) is 9.79. The van der Waals surface area contributed by atoms with Gasteiger partial charge in [-0.05, 0) is 58.9 Å². The molecule has 0 aromatic carbocycles. The van der Waals surface area contributed by atoms with Crippen LogP contribution in [0.4, 0.5) is 0 Å². The molecule has 1 N–H and O–H groups in total. The average Bonchev–Trinajstić information content (AvgIpc) is 2.84. The van der Waals surface area contributed by atoms with Gasteiger partial charge in [-0.15, -0.1) is 11.3 Å². The van der Waals surface area contributed by atoms with E-state index in [0.29, 0.717) is 0 Å². The molecule has 0 fully saturated rings. The molecule has 1 amide bonds. The number of aryl methyl sites for hydroxylation is 2. The Morgan fingerprint density at radius 3 is 2.78 bits per heavy atom. The first-order valence-electron chi connectivity index (χ1n) is 8.09. The molecule has 2 aromatic rings. The summed E-state index contributed by atoms with van der Waals surface area (Å²) < 4.78 is 0. The fourth-order valence-corrected chi connectivity index (χ4v) is 5.08. The van der Waals surface area contributed by atoms with Gasteiger partial charge in [0, 0.05) is 15.8 Å². The lowest BCUT2D eigenvalue weighted by molar-refractivity contribution is -0.121. The van der Waals surface area contributed by atoms with Crippen LogP contribution in [0, 0.1) is 0 Å². The zero-order chi connectivity index (χ0) is 16.6. The molecule has 0 radical (unpaired) electrons. The molecule has 124 valence electrons. The van der Waals surface area contributed by atoms with Crippen LogP contribution < -0.4 is 5.32 Å². The average molecular weight is 350 g/mol. The number of rotatable bonds is 3. The number of carbonyl (C=O) groups is 1. The van der Waals surface area contributed by atoms with Crippen LogP contribution in [0.1, 0.15) is 51.0 Å². The van der Waals surface area contributed by atoms with E-state index in [9.17, 15) is 4.79 Å². The summed E-state index contributed by atoms with van der Waals surface area (Å²) in [5.41, 5.74) is 1.21. The van der Waals surface area contributed by atoms with Crippen molar-refractivity contribution in [2.45, 2.75) is 69.2 Å². The number of fused-ring (bicyclic) bond motifs is 3. The molecule has 23 heavy (non-hydrogen) atoms. The van der Waals surface area contributed by atoms with Gasteiger partial charge >= 0.3 is 0 Å². The molecule has 4 nitrogen and oxygen atoms in total. The fourth-order valence-electron chi connectivity index (χ4n) is 2.84. The number of carbonyl (C=O) groups excluding carboxylic acids is 1. The van der Waals surface area contributed by atoms with Crippen LogP contribution in [0.5, 0.6) is 0 Å². The topological polar surface area (TPSA) is 54.9 Å². The molecule has 1 atom stereocenters. The van der Waals surface area contributed by atoms with Gasteiger partial charge in [-0.3, -0.25) is 4.79 Å². The third-order valence-corrected chi connectivity index (χ3v) is 6.17. The number of aromatic nitrogens is 2. The first-order chi connectivity index (χ1) is 10.8. The molecular formula is C17H23N3OS2. The summed E-state index contributed by atoms with van der Waals surface area (Å²) >= 11 is 3.34. The van der Waals surface area contributed by atoms with Crippen LogP contribution >= 0.6 is 23.1 Å². The third kappa shape index (κ3) is 3.69. The number of hydrogen-bond acceptors (Lipinski definition) is 5. The monoisotopic (exact) mass is 349 g/mol. The second kappa shape index (κ2) is 6.40. The van der Waals surface area contributed by atoms with Crippen LogP contribution in [-0.2, 0) is 17.6 Å². The van der Waals surface area contributed by atoms with E-state index in [-0.39, 0.29) is 16.7 Å². The van der Waals surface area contributed by atoms with Gasteiger partial charge in [0.1, 0.15) is 16.2 Å². The Balaban J connectivity index is 1.88. The summed E-state index contributed by atoms with van der Waals surface area (Å²) in [7, 11) is 0. The highest BCUT2D eigenvalue weighted by Crippen LogP contribution is 2.40. The maximum atomic E-state index is 12.4. The smallest absolute Gasteiger partial charge is 0.233 e. The molecule has 0 saturated carbocycles. The Hall–Kier alpha value is -1.14. The molecule has 0 bridgehead atoms. The van der Waals surface area contributed by atoms with Gasteiger partial charge in [0.25, 0.3) is 0 Å². The van der Waals surface area contributed by atoms with Crippen molar-refractivity contribution in [1.82, 2.24) is 15.3 Å². The van der Waals surface area contributed by atoms with Crippen molar-refractivity contribution >= 4 is 39.2 Å². The summed E-state index contributed by atoms with van der Waals surface area (Å²) in [4.78, 5) is 23.8. The molecule has 2 aromatic heterocycles. The van der Waals surface area contributed by atoms with E-state index in [2.05, 4.69) is 15.3 Å². The van der Waals surface area contributed by atoms with Crippen molar-refractivity contribution in [1.29, 1.82) is 0 Å². The fraction of sp³-hybridized carbons (Fsp3) is 0.588. The zero-order valence-electron chi connectivity index (χ0n) is 14.1. The second-order valence-electron chi connectivity index (χ2n) is 7.07. The van der Waals surface area contributed by atoms with Crippen LogP contribution in [-0.4, -0.2) is 26.7 Å². The number of thioether (sulfide) groups is 1. The standard InChI is InChI=1S/C17H23N3OS2/c1-10(14(21)20-17(2,3)4)22-15-13-11-7-5-6-8-12(11)23-16(13)19-9-18-15/h9-10H,5-8H2,1-4H3,(H,20,21). The zero-order valence-corrected chi connectivity index (χ0v) is 15.7. The van der Waals surface area contributed by atoms with E-state index in [4.69, 9.17) is 0 Å². The van der Waals surface area contributed by atoms with Crippen molar-refractivity contribution < 1.29 is 4.79 Å². The number of amides is 1. The lowest BCUT2D eigenvalue weighted by Gasteiger charge is -2.23. The summed E-state index contributed by atoms with van der Waals surface area (Å²) in [5.74, 6) is 0.0540. The minimum absolute atomic E-state index is 0.0540. The van der Waals surface area contributed by atoms with Crippen molar-refractivity contribution in [2.75, 3.05) is 0 Å². The van der Waals surface area contributed by atoms with Gasteiger partial charge in [-0.2, -0.15) is 0 Å². The largest absolute Gasteiger partial charge is 0.351 e. The number of nitrogens with one attached hydrogen (secondary N) is 1. The molecule has 3 rings (SSSR count). The molecule has 6 heteroatoms. The molecule has 0 spiro atoms. The minimum Gasteiger partial charge on any atom is -0.351 e. The van der Waals surface area contributed by atoms with Gasteiger partial charge in [0.2, 0.25) is 5.91 Å². The minimum atomic E-state index is -0.214. The van der Waals surface area contributed by atoms with Gasteiger partial charge in [0.15, 0.2) is 0 Å². The Labute approximate surface area is 145 Å². The summed E-state index contributed by atoms with van der Waals surface area (Å²) in [6.07, 6.45) is 6.39.